The van der Waals surface area contributed by atoms with Gasteiger partial charge in [-0.2, -0.15) is 13.2 Å². The molecule has 3 rings (SSSR count). The highest BCUT2D eigenvalue weighted by Gasteiger charge is 2.37. The van der Waals surface area contributed by atoms with E-state index >= 15 is 0 Å². The Morgan fingerprint density at radius 1 is 1.31 bits per heavy atom. The van der Waals surface area contributed by atoms with Gasteiger partial charge in [0.15, 0.2) is 0 Å². The van der Waals surface area contributed by atoms with E-state index in [1.807, 2.05) is 0 Å². The highest BCUT2D eigenvalue weighted by molar-refractivity contribution is 6.30. The first kappa shape index (κ1) is 20.6. The number of pyridine rings is 2. The lowest BCUT2D eigenvalue weighted by Crippen LogP contribution is -2.30. The first-order valence-electron chi connectivity index (χ1n) is 8.21. The number of amidine groups is 1. The minimum atomic E-state index is -4.79. The Morgan fingerprint density at radius 2 is 2.03 bits per heavy atom. The second-order valence-electron chi connectivity index (χ2n) is 6.39. The lowest BCUT2D eigenvalue weighted by atomic mass is 9.96. The Bertz CT molecular complexity index is 1020. The fraction of sp³-hybridized carbons (Fsp3) is 0.222. The quantitative estimate of drug-likeness (QED) is 0.777. The molecule has 1 amide bonds. The van der Waals surface area contributed by atoms with Gasteiger partial charge >= 0.3 is 6.18 Å². The summed E-state index contributed by atoms with van der Waals surface area (Å²) in [6.45, 7) is 3.42. The minimum Gasteiger partial charge on any atom is -0.431 e. The molecule has 2 aromatic rings. The molecular formula is C18H15ClF3N5O2. The predicted octanol–water partition coefficient (Wildman–Crippen LogP) is 3.87. The van der Waals surface area contributed by atoms with Gasteiger partial charge in [0.05, 0.1) is 16.3 Å². The van der Waals surface area contributed by atoms with Crippen LogP contribution in [0.1, 0.15) is 35.6 Å². The molecule has 0 radical (unpaired) electrons. The van der Waals surface area contributed by atoms with Crippen LogP contribution in [0, 0.1) is 0 Å². The number of allylic oxidation sites excluding steroid dienone is 1. The molecule has 0 unspecified atom stereocenters. The number of rotatable bonds is 3. The number of carbonyl (C=O) groups is 1. The maximum absolute atomic E-state index is 13.2. The van der Waals surface area contributed by atoms with Gasteiger partial charge in [-0.3, -0.25) is 9.78 Å². The van der Waals surface area contributed by atoms with Crippen molar-refractivity contribution in [2.24, 2.45) is 10.7 Å². The van der Waals surface area contributed by atoms with Gasteiger partial charge in [-0.15, -0.1) is 0 Å². The number of halogens is 4. The van der Waals surface area contributed by atoms with Gasteiger partial charge in [0.2, 0.25) is 0 Å². The third-order valence-electron chi connectivity index (χ3n) is 4.00. The molecule has 2 aromatic heterocycles. The Kier molecular flexibility index (Phi) is 5.22. The number of alkyl halides is 3. The van der Waals surface area contributed by atoms with Crippen molar-refractivity contribution in [1.29, 1.82) is 0 Å². The van der Waals surface area contributed by atoms with Crippen LogP contribution < -0.4 is 11.1 Å². The molecule has 29 heavy (non-hydrogen) atoms. The van der Waals surface area contributed by atoms with E-state index in [-0.39, 0.29) is 16.7 Å². The normalized spacial score (nSPS) is 19.1. The highest BCUT2D eigenvalue weighted by atomic mass is 35.5. The molecule has 0 bridgehead atoms. The number of nitrogens with zero attached hydrogens (tertiary/aromatic N) is 3. The zero-order valence-electron chi connectivity index (χ0n) is 15.2. The molecule has 1 aliphatic rings. The largest absolute Gasteiger partial charge is 0.431 e. The predicted molar refractivity (Wildman–Crippen MR) is 100 cm³/mol. The Balaban J connectivity index is 1.93. The van der Waals surface area contributed by atoms with Gasteiger partial charge in [0, 0.05) is 18.1 Å². The van der Waals surface area contributed by atoms with Crippen molar-refractivity contribution in [3.8, 4) is 0 Å². The number of nitrogens with two attached hydrogens (primary N) is 1. The van der Waals surface area contributed by atoms with Gasteiger partial charge in [-0.1, -0.05) is 11.6 Å². The van der Waals surface area contributed by atoms with E-state index in [0.29, 0.717) is 17.5 Å². The molecule has 0 aromatic carbocycles. The fourth-order valence-corrected chi connectivity index (χ4v) is 2.98. The maximum Gasteiger partial charge on any atom is 0.418 e. The first-order chi connectivity index (χ1) is 13.5. The van der Waals surface area contributed by atoms with E-state index in [1.165, 1.54) is 18.3 Å². The lowest BCUT2D eigenvalue weighted by molar-refractivity contribution is -0.138. The van der Waals surface area contributed by atoms with Crippen LogP contribution >= 0.6 is 11.6 Å². The monoisotopic (exact) mass is 425 g/mol. The van der Waals surface area contributed by atoms with Crippen molar-refractivity contribution in [3.63, 3.8) is 0 Å². The second kappa shape index (κ2) is 7.36. The van der Waals surface area contributed by atoms with Gasteiger partial charge in [-0.05, 0) is 38.1 Å². The van der Waals surface area contributed by atoms with Crippen LogP contribution in [0.25, 0.3) is 0 Å². The standard InChI is InChI=1S/C18H15ClF3N5O2/c1-9-7-17(2,27-16(23)29-9)13-6-11(3-4-24-13)26-15(28)14-12(18(20,21)22)5-10(19)8-25-14/h3-8H,1-2H3,(H2,23,27)(H,24,26,28)/t17-/m0/s1. The van der Waals surface area contributed by atoms with E-state index in [9.17, 15) is 18.0 Å². The molecule has 7 nitrogen and oxygen atoms in total. The highest BCUT2D eigenvalue weighted by Crippen LogP contribution is 2.34. The van der Waals surface area contributed by atoms with Gasteiger partial charge in [0.25, 0.3) is 11.9 Å². The lowest BCUT2D eigenvalue weighted by Gasteiger charge is -2.26. The number of hydrogen-bond donors (Lipinski definition) is 2. The second-order valence-corrected chi connectivity index (χ2v) is 6.82. The van der Waals surface area contributed by atoms with Crippen LogP contribution in [0.3, 0.4) is 0 Å². The number of carbonyl (C=O) groups excluding carboxylic acids is 1. The summed E-state index contributed by atoms with van der Waals surface area (Å²) in [5, 5.41) is 2.16. The maximum atomic E-state index is 13.2. The third-order valence-corrected chi connectivity index (χ3v) is 4.21. The summed E-state index contributed by atoms with van der Waals surface area (Å²) < 4.78 is 44.9. The van der Waals surface area contributed by atoms with Crippen LogP contribution in [-0.4, -0.2) is 21.9 Å². The molecule has 0 spiro atoms. The van der Waals surface area contributed by atoms with Gasteiger partial charge < -0.3 is 15.8 Å². The number of aromatic nitrogens is 2. The van der Waals surface area contributed by atoms with E-state index in [1.54, 1.807) is 19.9 Å². The molecule has 1 atom stereocenters. The number of ether oxygens (including phenoxy) is 1. The first-order valence-corrected chi connectivity index (χ1v) is 8.59. The molecule has 3 heterocycles. The Labute approximate surface area is 168 Å². The molecule has 152 valence electrons. The zero-order chi connectivity index (χ0) is 21.4. The topological polar surface area (TPSA) is 102 Å². The molecule has 3 N–H and O–H groups in total. The van der Waals surface area contributed by atoms with Gasteiger partial charge in [0.1, 0.15) is 17.0 Å². The Hall–Kier alpha value is -3.14. The molecular weight excluding hydrogens is 411 g/mol. The molecule has 0 saturated heterocycles. The van der Waals surface area contributed by atoms with Crippen molar-refractivity contribution >= 4 is 29.2 Å². The van der Waals surface area contributed by atoms with E-state index in [2.05, 4.69) is 20.3 Å². The van der Waals surface area contributed by atoms with E-state index in [0.717, 1.165) is 6.20 Å². The minimum absolute atomic E-state index is 0.0519. The van der Waals surface area contributed by atoms with Crippen LogP contribution in [-0.2, 0) is 16.5 Å². The SMILES string of the molecule is CC1=C[C@@](C)(c2cc(NC(=O)c3ncc(Cl)cc3C(F)(F)F)ccn2)N=C(N)O1. The summed E-state index contributed by atoms with van der Waals surface area (Å²) in [5.41, 5.74) is 3.28. The van der Waals surface area contributed by atoms with Crippen molar-refractivity contribution in [2.75, 3.05) is 5.32 Å². The summed E-state index contributed by atoms with van der Waals surface area (Å²) >= 11 is 5.59. The van der Waals surface area contributed by atoms with E-state index < -0.39 is 28.9 Å². The van der Waals surface area contributed by atoms with Crippen LogP contribution in [0.4, 0.5) is 18.9 Å². The third kappa shape index (κ3) is 4.48. The molecule has 1 aliphatic heterocycles. The average molecular weight is 426 g/mol. The van der Waals surface area contributed by atoms with E-state index in [4.69, 9.17) is 22.1 Å². The summed E-state index contributed by atoms with van der Waals surface area (Å²) in [7, 11) is 0. The molecule has 11 heteroatoms. The van der Waals surface area contributed by atoms with Crippen LogP contribution in [0.5, 0.6) is 0 Å². The van der Waals surface area contributed by atoms with Crippen molar-refractivity contribution in [1.82, 2.24) is 9.97 Å². The van der Waals surface area contributed by atoms with Crippen molar-refractivity contribution in [2.45, 2.75) is 25.6 Å². The number of anilines is 1. The number of hydrogen-bond acceptors (Lipinski definition) is 6. The summed E-state index contributed by atoms with van der Waals surface area (Å²) in [6, 6.07) is 3.50. The number of aliphatic imine (C=N–C) groups is 1. The summed E-state index contributed by atoms with van der Waals surface area (Å²) in [4.78, 5) is 24.4. The average Bonchev–Trinajstić information content (AvgIpc) is 2.60. The van der Waals surface area contributed by atoms with Crippen molar-refractivity contribution in [3.05, 3.63) is 64.4 Å². The summed E-state index contributed by atoms with van der Waals surface area (Å²) in [6.07, 6.45) is -0.754. The Morgan fingerprint density at radius 3 is 2.69 bits per heavy atom. The molecule has 0 saturated carbocycles. The fourth-order valence-electron chi connectivity index (χ4n) is 2.82. The van der Waals surface area contributed by atoms with Crippen LogP contribution in [0.15, 0.2) is 47.4 Å². The number of nitrogens with one attached hydrogen (secondary N) is 1. The molecule has 0 aliphatic carbocycles. The van der Waals surface area contributed by atoms with Crippen molar-refractivity contribution < 1.29 is 22.7 Å². The van der Waals surface area contributed by atoms with Crippen LogP contribution in [0.2, 0.25) is 5.02 Å². The summed E-state index contributed by atoms with van der Waals surface area (Å²) in [5.74, 6) is -0.533. The number of amides is 1. The van der Waals surface area contributed by atoms with Gasteiger partial charge in [-0.25, -0.2) is 9.98 Å². The zero-order valence-corrected chi connectivity index (χ0v) is 16.0. The molecule has 0 fully saturated rings. The smallest absolute Gasteiger partial charge is 0.418 e.